The second-order valence-electron chi connectivity index (χ2n) is 8.11. The molecule has 0 spiro atoms. The molecule has 2 aliphatic heterocycles. The summed E-state index contributed by atoms with van der Waals surface area (Å²) in [7, 11) is 0. The van der Waals surface area contributed by atoms with Crippen LogP contribution < -0.4 is 5.32 Å². The Balaban J connectivity index is 1.56. The maximum Gasteiger partial charge on any atom is 0.352 e. The number of thiazole rings is 1. The van der Waals surface area contributed by atoms with Gasteiger partial charge in [0.15, 0.2) is 5.71 Å². The van der Waals surface area contributed by atoms with Gasteiger partial charge in [-0.1, -0.05) is 11.2 Å². The van der Waals surface area contributed by atoms with Crippen LogP contribution in [0.15, 0.2) is 51.6 Å². The van der Waals surface area contributed by atoms with Crippen LogP contribution in [-0.2, 0) is 24.0 Å². The molecule has 4 rings (SSSR count). The monoisotopic (exact) mass is 604 g/mol. The summed E-state index contributed by atoms with van der Waals surface area (Å²) in [5, 5.41) is 47.6. The highest BCUT2D eigenvalue weighted by Crippen LogP contribution is 2.41. The van der Waals surface area contributed by atoms with Gasteiger partial charge in [0.05, 0.1) is 27.0 Å². The number of nitro groups is 2. The Morgan fingerprint density at radius 3 is 2.59 bits per heavy atom. The fraction of sp³-hybridized carbons (Fsp3) is 0.182. The van der Waals surface area contributed by atoms with Gasteiger partial charge in [-0.3, -0.25) is 34.7 Å². The number of allylic oxidation sites excluding steroid dienone is 1. The van der Waals surface area contributed by atoms with E-state index in [-0.39, 0.29) is 28.3 Å². The van der Waals surface area contributed by atoms with E-state index in [4.69, 9.17) is 5.11 Å². The number of hydrogen-bond donors (Lipinski definition) is 3. The number of carbonyl (C=O) groups excluding carboxylic acids is 2. The van der Waals surface area contributed by atoms with E-state index in [2.05, 4.69) is 20.3 Å². The Morgan fingerprint density at radius 2 is 1.98 bits per heavy atom. The van der Waals surface area contributed by atoms with Gasteiger partial charge < -0.3 is 20.4 Å². The predicted octanol–water partition coefficient (Wildman–Crippen LogP) is 1.22. The number of carboxylic acid groups (broad SMARTS) is 2. The second kappa shape index (κ2) is 11.9. The third-order valence-corrected chi connectivity index (χ3v) is 7.50. The first kappa shape index (κ1) is 28.8. The number of nitro benzene ring substituents is 2. The van der Waals surface area contributed by atoms with Crippen molar-refractivity contribution in [1.29, 1.82) is 0 Å². The van der Waals surface area contributed by atoms with Crippen LogP contribution in [0.4, 0.5) is 11.4 Å². The van der Waals surface area contributed by atoms with E-state index in [0.717, 1.165) is 46.2 Å². The number of non-ortho nitro benzene ring substituents is 1. The normalized spacial score (nSPS) is 18.5. The summed E-state index contributed by atoms with van der Waals surface area (Å²) in [4.78, 5) is 79.1. The molecule has 1 fully saturated rings. The lowest BCUT2D eigenvalue weighted by atomic mass is 10.0. The van der Waals surface area contributed by atoms with Gasteiger partial charge in [-0.2, -0.15) is 0 Å². The molecule has 0 radical (unpaired) electrons. The average molecular weight is 605 g/mol. The van der Waals surface area contributed by atoms with Gasteiger partial charge >= 0.3 is 11.9 Å². The zero-order valence-electron chi connectivity index (χ0n) is 20.2. The zero-order chi connectivity index (χ0) is 29.8. The minimum Gasteiger partial charge on any atom is -0.479 e. The number of carboxylic acids is 2. The zero-order valence-corrected chi connectivity index (χ0v) is 21.9. The van der Waals surface area contributed by atoms with E-state index in [1.54, 1.807) is 0 Å². The quantitative estimate of drug-likeness (QED) is 0.141. The maximum atomic E-state index is 13.0. The van der Waals surface area contributed by atoms with Crippen LogP contribution in [0.3, 0.4) is 0 Å². The highest BCUT2D eigenvalue weighted by atomic mass is 32.2. The molecule has 1 aromatic carbocycles. The molecule has 212 valence electrons. The van der Waals surface area contributed by atoms with Crippen molar-refractivity contribution in [1.82, 2.24) is 15.2 Å². The highest BCUT2D eigenvalue weighted by molar-refractivity contribution is 8.00. The molecule has 0 saturated carbocycles. The molecular weight excluding hydrogens is 588 g/mol. The Morgan fingerprint density at radius 1 is 1.22 bits per heavy atom. The maximum absolute atomic E-state index is 13.0. The van der Waals surface area contributed by atoms with Gasteiger partial charge in [-0.05, 0) is 17.7 Å². The molecule has 0 bridgehead atoms. The minimum atomic E-state index is -1.46. The summed E-state index contributed by atoms with van der Waals surface area (Å²) in [6.07, 6.45) is 2.49. The smallest absolute Gasteiger partial charge is 0.352 e. The number of aromatic nitrogens is 1. The number of amides is 2. The average Bonchev–Trinajstić information content (AvgIpc) is 3.46. The number of nitrogens with one attached hydrogen (secondary N) is 1. The SMILES string of the molecule is O=C(O)CO/N=C(\C(=O)NC1C(=O)N2C(C(=O)O)=C(/C=C/c3ccc([N+](=O)[O-])cc3[N+](=O)[O-])CS[C@H]12)c1cscn1. The Hall–Kier alpha value is -5.17. The second-order valence-corrected chi connectivity index (χ2v) is 9.94. The van der Waals surface area contributed by atoms with Gasteiger partial charge in [-0.15, -0.1) is 23.1 Å². The summed E-state index contributed by atoms with van der Waals surface area (Å²) in [5.74, 6) is -4.43. The number of rotatable bonds is 11. The number of nitrogens with zero attached hydrogens (tertiary/aromatic N) is 5. The van der Waals surface area contributed by atoms with Gasteiger partial charge in [0, 0.05) is 17.2 Å². The molecule has 2 amide bonds. The standard InChI is InChI=1S/C22H16N6O11S2/c29-15(30)6-39-25-16(13-8-40-9-23-13)19(31)24-17-20(32)26-18(22(33)34)11(7-41-21(17)26)2-1-10-3-4-12(27(35)36)5-14(10)28(37)38/h1-5,8-9,17,21H,6-7H2,(H,24,31)(H,29,30)(H,33,34)/b2-1+,25-16-/t17?,21-/m1/s1. The summed E-state index contributed by atoms with van der Waals surface area (Å²) >= 11 is 2.24. The Bertz CT molecular complexity index is 1550. The predicted molar refractivity (Wildman–Crippen MR) is 141 cm³/mol. The minimum absolute atomic E-state index is 0.0241. The number of oxime groups is 1. The molecule has 3 heterocycles. The molecule has 2 aromatic rings. The first-order chi connectivity index (χ1) is 19.5. The lowest BCUT2D eigenvalue weighted by Crippen LogP contribution is -2.71. The first-order valence-corrected chi connectivity index (χ1v) is 13.1. The van der Waals surface area contributed by atoms with Crippen molar-refractivity contribution < 1.29 is 44.1 Å². The van der Waals surface area contributed by atoms with Crippen LogP contribution in [0.1, 0.15) is 11.3 Å². The van der Waals surface area contributed by atoms with Crippen molar-refractivity contribution in [2.75, 3.05) is 12.4 Å². The lowest BCUT2D eigenvalue weighted by Gasteiger charge is -2.49. The highest BCUT2D eigenvalue weighted by Gasteiger charge is 2.54. The van der Waals surface area contributed by atoms with Gasteiger partial charge in [0.25, 0.3) is 23.2 Å². The van der Waals surface area contributed by atoms with E-state index in [9.17, 15) is 44.5 Å². The number of carbonyl (C=O) groups is 4. The number of hydrogen-bond acceptors (Lipinski definition) is 13. The number of thioether (sulfide) groups is 1. The van der Waals surface area contributed by atoms with E-state index in [1.807, 2.05) is 0 Å². The van der Waals surface area contributed by atoms with Crippen LogP contribution in [0, 0.1) is 20.2 Å². The van der Waals surface area contributed by atoms with Crippen LogP contribution in [-0.4, -0.2) is 83.2 Å². The first-order valence-electron chi connectivity index (χ1n) is 11.1. The van der Waals surface area contributed by atoms with Crippen molar-refractivity contribution >= 4 is 70.0 Å². The molecule has 1 saturated heterocycles. The van der Waals surface area contributed by atoms with Crippen molar-refractivity contribution in [3.05, 3.63) is 77.9 Å². The van der Waals surface area contributed by atoms with Crippen molar-refractivity contribution in [3.8, 4) is 0 Å². The fourth-order valence-electron chi connectivity index (χ4n) is 3.80. The van der Waals surface area contributed by atoms with Gasteiger partial charge in [0.2, 0.25) is 6.61 Å². The molecule has 17 nitrogen and oxygen atoms in total. The van der Waals surface area contributed by atoms with Crippen LogP contribution in [0.5, 0.6) is 0 Å². The Labute approximate surface area is 236 Å². The summed E-state index contributed by atoms with van der Waals surface area (Å²) in [6.45, 7) is -0.832. The molecule has 2 atom stereocenters. The molecule has 0 aliphatic carbocycles. The summed E-state index contributed by atoms with van der Waals surface area (Å²) in [6, 6.07) is 1.83. The van der Waals surface area contributed by atoms with Gasteiger partial charge in [-0.25, -0.2) is 14.6 Å². The molecule has 19 heteroatoms. The third-order valence-electron chi connectivity index (χ3n) is 5.61. The molecule has 41 heavy (non-hydrogen) atoms. The molecule has 2 aliphatic rings. The largest absolute Gasteiger partial charge is 0.479 e. The summed E-state index contributed by atoms with van der Waals surface area (Å²) < 4.78 is 0. The van der Waals surface area contributed by atoms with Crippen LogP contribution in [0.25, 0.3) is 6.08 Å². The molecular formula is C22H16N6O11S2. The molecule has 1 aromatic heterocycles. The summed E-state index contributed by atoms with van der Waals surface area (Å²) in [5.41, 5.74) is -0.275. The molecule has 1 unspecified atom stereocenters. The number of aliphatic carboxylic acids is 2. The van der Waals surface area contributed by atoms with E-state index >= 15 is 0 Å². The van der Waals surface area contributed by atoms with Crippen molar-refractivity contribution in [2.24, 2.45) is 5.16 Å². The van der Waals surface area contributed by atoms with Crippen molar-refractivity contribution in [3.63, 3.8) is 0 Å². The van der Waals surface area contributed by atoms with E-state index < -0.39 is 68.7 Å². The Kier molecular flexibility index (Phi) is 8.38. The third kappa shape index (κ3) is 6.04. The van der Waals surface area contributed by atoms with E-state index in [1.165, 1.54) is 23.0 Å². The number of fused-ring (bicyclic) bond motifs is 1. The number of β-lactam (4-membered cyclic amide) rings is 1. The van der Waals surface area contributed by atoms with Crippen LogP contribution in [0.2, 0.25) is 0 Å². The van der Waals surface area contributed by atoms with E-state index in [0.29, 0.717) is 0 Å². The van der Waals surface area contributed by atoms with Gasteiger partial charge in [0.1, 0.15) is 22.8 Å². The van der Waals surface area contributed by atoms with Crippen molar-refractivity contribution in [2.45, 2.75) is 11.4 Å². The molecule has 3 N–H and O–H groups in total. The number of benzene rings is 1. The van der Waals surface area contributed by atoms with Crippen LogP contribution >= 0.6 is 23.1 Å². The fourth-order valence-corrected chi connectivity index (χ4v) is 5.66. The topological polar surface area (TPSA) is 245 Å². The lowest BCUT2D eigenvalue weighted by molar-refractivity contribution is -0.394.